The Labute approximate surface area is 343 Å². The Morgan fingerprint density at radius 3 is 2.39 bits per heavy atom. The smallest absolute Gasteiger partial charge is 0.407 e. The standard InChI is InChI=1S/C46H53F2N5O6/c1-23(2)31(19-38(54)58-5)42(55)53-28-9-7-26(15-28)41(53)36-18-32-34(50-36)12-11-30-29-10-8-25(16-33(29)46(47,48)39(30)32)27-17-35(49-21-27)37-20-45(13-14-45)22-52(37)43(56)40(24(3)4)51-44(57)59-6/h8,10-12,16,21,23-24,26,28,31,37,40-41H,7,9,13-15,17-20,22H2,1-6H3,(H,51,57)/t26-,28+,31-,37-,40-,41-/m0/s1. The number of fused-ring (bicyclic) bond motifs is 7. The summed E-state index contributed by atoms with van der Waals surface area (Å²) >= 11 is 0. The Hall–Kier alpha value is -4.94. The van der Waals surface area contributed by atoms with E-state index in [2.05, 4.69) is 5.32 Å². The number of hydrogen-bond acceptors (Lipinski definition) is 8. The van der Waals surface area contributed by atoms with Gasteiger partial charge in [-0.25, -0.2) is 4.79 Å². The van der Waals surface area contributed by atoms with Gasteiger partial charge in [-0.2, -0.15) is 8.78 Å². The number of halogens is 2. The predicted molar refractivity (Wildman–Crippen MR) is 218 cm³/mol. The van der Waals surface area contributed by atoms with Crippen LogP contribution in [-0.4, -0.2) is 90.0 Å². The van der Waals surface area contributed by atoms with Crippen LogP contribution in [-0.2, 0) is 36.2 Å². The van der Waals surface area contributed by atoms with Crippen molar-refractivity contribution in [1.82, 2.24) is 15.1 Å². The number of hydrogen-bond donors (Lipinski definition) is 1. The highest BCUT2D eigenvalue weighted by Gasteiger charge is 2.56. The van der Waals surface area contributed by atoms with Crippen molar-refractivity contribution in [1.29, 1.82) is 0 Å². The number of amides is 3. The van der Waals surface area contributed by atoms with Gasteiger partial charge in [0, 0.05) is 54.2 Å². The van der Waals surface area contributed by atoms with Crippen molar-refractivity contribution < 1.29 is 37.4 Å². The molecule has 0 aromatic heterocycles. The number of likely N-dealkylation sites (tertiary alicyclic amines) is 2. The Kier molecular flexibility index (Phi) is 9.62. The summed E-state index contributed by atoms with van der Waals surface area (Å²) in [5, 5.41) is 2.72. The zero-order valence-electron chi connectivity index (χ0n) is 34.6. The SMILES string of the molecule is COC(=O)C[C@H](C(=O)N1[C@@H]2CC[C@@H](C2)[C@H]1C1=Nc2ccc3c(c2C1)C(F)(F)c1cc(C2=CN=C([C@@H]4CC5(CC5)CN4C(=O)[C@@H](NC(=O)OC)C(C)C)C2)ccc1-3)C(C)C. The maximum Gasteiger partial charge on any atom is 0.407 e. The van der Waals surface area contributed by atoms with Gasteiger partial charge in [-0.3, -0.25) is 24.4 Å². The molecule has 2 bridgehead atoms. The van der Waals surface area contributed by atoms with Gasteiger partial charge in [0.1, 0.15) is 6.04 Å². The van der Waals surface area contributed by atoms with Gasteiger partial charge < -0.3 is 24.6 Å². The van der Waals surface area contributed by atoms with Crippen molar-refractivity contribution in [2.75, 3.05) is 20.8 Å². The first-order valence-corrected chi connectivity index (χ1v) is 21.2. The monoisotopic (exact) mass is 809 g/mol. The molecule has 13 heteroatoms. The number of piperidine rings is 1. The van der Waals surface area contributed by atoms with Gasteiger partial charge in [-0.15, -0.1) is 0 Å². The van der Waals surface area contributed by atoms with Crippen LogP contribution < -0.4 is 5.32 Å². The molecule has 4 aliphatic heterocycles. The van der Waals surface area contributed by atoms with Crippen LogP contribution in [0.25, 0.3) is 16.7 Å². The number of alkyl carbamates (subject to hydrolysis) is 1. The molecule has 1 spiro atoms. The number of nitrogens with zero attached hydrogens (tertiary/aromatic N) is 4. The zero-order valence-corrected chi connectivity index (χ0v) is 34.6. The van der Waals surface area contributed by atoms with E-state index in [1.165, 1.54) is 14.2 Å². The molecule has 4 fully saturated rings. The molecule has 1 N–H and O–H groups in total. The maximum atomic E-state index is 17.0. The molecule has 2 aromatic rings. The average molecular weight is 810 g/mol. The van der Waals surface area contributed by atoms with E-state index in [4.69, 9.17) is 19.5 Å². The lowest BCUT2D eigenvalue weighted by Gasteiger charge is -2.38. The highest BCUT2D eigenvalue weighted by Crippen LogP contribution is 2.58. The lowest BCUT2D eigenvalue weighted by molar-refractivity contribution is -0.149. The zero-order chi connectivity index (χ0) is 41.7. The van der Waals surface area contributed by atoms with E-state index in [1.807, 2.05) is 49.6 Å². The Morgan fingerprint density at radius 1 is 0.932 bits per heavy atom. The fourth-order valence-corrected chi connectivity index (χ4v) is 11.1. The molecule has 3 amide bonds. The van der Waals surface area contributed by atoms with Crippen molar-refractivity contribution in [3.63, 3.8) is 0 Å². The van der Waals surface area contributed by atoms with Crippen molar-refractivity contribution in [3.8, 4) is 11.1 Å². The minimum atomic E-state index is -3.28. The third-order valence-corrected chi connectivity index (χ3v) is 14.4. The third kappa shape index (κ3) is 6.48. The van der Waals surface area contributed by atoms with Crippen LogP contribution >= 0.6 is 0 Å². The fourth-order valence-electron chi connectivity index (χ4n) is 11.1. The quantitative estimate of drug-likeness (QED) is 0.246. The van der Waals surface area contributed by atoms with Gasteiger partial charge in [0.25, 0.3) is 5.92 Å². The predicted octanol–water partition coefficient (Wildman–Crippen LogP) is 7.60. The van der Waals surface area contributed by atoms with Gasteiger partial charge in [-0.05, 0) is 102 Å². The number of aliphatic imine (C=N–C) groups is 2. The van der Waals surface area contributed by atoms with Crippen molar-refractivity contribution >= 4 is 46.6 Å². The number of methoxy groups -OCH3 is 2. The largest absolute Gasteiger partial charge is 0.469 e. The first-order chi connectivity index (χ1) is 28.1. The highest BCUT2D eigenvalue weighted by atomic mass is 19.3. The second-order valence-electron chi connectivity index (χ2n) is 18.6. The number of ether oxygens (including phenoxy) is 2. The van der Waals surface area contributed by atoms with Crippen LogP contribution in [0.4, 0.5) is 19.3 Å². The summed E-state index contributed by atoms with van der Waals surface area (Å²) in [5.41, 5.74) is 5.06. The number of nitrogens with one attached hydrogen (secondary N) is 1. The van der Waals surface area contributed by atoms with Crippen molar-refractivity contribution in [2.24, 2.45) is 39.1 Å². The van der Waals surface area contributed by atoms with E-state index in [1.54, 1.807) is 24.4 Å². The van der Waals surface area contributed by atoms with E-state index in [-0.39, 0.29) is 77.1 Å². The van der Waals surface area contributed by atoms with Crippen LogP contribution in [0, 0.1) is 29.1 Å². The summed E-state index contributed by atoms with van der Waals surface area (Å²) in [5.74, 6) is -4.53. The molecule has 0 unspecified atom stereocenters. The molecule has 59 heavy (non-hydrogen) atoms. The molecule has 2 aromatic carbocycles. The molecule has 6 atom stereocenters. The molecule has 2 saturated heterocycles. The normalized spacial score (nSPS) is 26.0. The van der Waals surface area contributed by atoms with Crippen LogP contribution in [0.2, 0.25) is 0 Å². The average Bonchev–Trinajstić information content (AvgIpc) is 3.87. The first-order valence-electron chi connectivity index (χ1n) is 21.2. The first kappa shape index (κ1) is 39.5. The third-order valence-electron chi connectivity index (χ3n) is 14.4. The molecular weight excluding hydrogens is 757 g/mol. The van der Waals surface area contributed by atoms with Crippen LogP contribution in [0.5, 0.6) is 0 Å². The minimum Gasteiger partial charge on any atom is -0.469 e. The Morgan fingerprint density at radius 2 is 1.69 bits per heavy atom. The molecule has 4 heterocycles. The molecular formula is C46H53F2N5O6. The van der Waals surface area contributed by atoms with Crippen molar-refractivity contribution in [3.05, 3.63) is 58.8 Å². The summed E-state index contributed by atoms with van der Waals surface area (Å²) in [4.78, 5) is 66.3. The van der Waals surface area contributed by atoms with Gasteiger partial charge >= 0.3 is 12.1 Å². The Bertz CT molecular complexity index is 2240. The molecule has 2 saturated carbocycles. The van der Waals surface area contributed by atoms with Gasteiger partial charge in [0.05, 0.1) is 44.3 Å². The second-order valence-corrected chi connectivity index (χ2v) is 18.6. The summed E-state index contributed by atoms with van der Waals surface area (Å²) < 4.78 is 43.7. The highest BCUT2D eigenvalue weighted by molar-refractivity contribution is 6.05. The number of alkyl halides is 2. The van der Waals surface area contributed by atoms with E-state index in [0.29, 0.717) is 40.9 Å². The molecule has 11 nitrogen and oxygen atoms in total. The van der Waals surface area contributed by atoms with E-state index < -0.39 is 29.9 Å². The molecule has 0 radical (unpaired) electrons. The molecule has 9 rings (SSSR count). The van der Waals surface area contributed by atoms with E-state index in [9.17, 15) is 19.2 Å². The summed E-state index contributed by atoms with van der Waals surface area (Å²) in [7, 11) is 2.60. The number of carbonyl (C=O) groups excluding carboxylic acids is 4. The number of allylic oxidation sites excluding steroid dienone is 1. The number of benzene rings is 2. The summed E-state index contributed by atoms with van der Waals surface area (Å²) in [6.07, 6.45) is 7.29. The topological polar surface area (TPSA) is 130 Å². The summed E-state index contributed by atoms with van der Waals surface area (Å²) in [6, 6.07) is 7.60. The number of rotatable bonds is 10. The van der Waals surface area contributed by atoms with E-state index >= 15 is 8.78 Å². The van der Waals surface area contributed by atoms with Gasteiger partial charge in [0.15, 0.2) is 0 Å². The summed E-state index contributed by atoms with van der Waals surface area (Å²) in [6.45, 7) is 8.25. The number of carbonyl (C=O) groups is 4. The fraction of sp³-hybridized carbons (Fsp3) is 0.565. The molecule has 312 valence electrons. The lowest BCUT2D eigenvalue weighted by Crippen LogP contribution is -2.53. The number of esters is 1. The van der Waals surface area contributed by atoms with Crippen LogP contribution in [0.3, 0.4) is 0 Å². The van der Waals surface area contributed by atoms with E-state index in [0.717, 1.165) is 55.5 Å². The molecule has 7 aliphatic rings. The Balaban J connectivity index is 0.940. The van der Waals surface area contributed by atoms with Gasteiger partial charge in [0.2, 0.25) is 11.8 Å². The lowest BCUT2D eigenvalue weighted by atomic mass is 9.86. The van der Waals surface area contributed by atoms with Crippen molar-refractivity contribution in [2.45, 2.75) is 116 Å². The maximum absolute atomic E-state index is 17.0. The van der Waals surface area contributed by atoms with Gasteiger partial charge in [-0.1, -0.05) is 45.9 Å². The second kappa shape index (κ2) is 14.4. The van der Waals surface area contributed by atoms with Crippen LogP contribution in [0.1, 0.15) is 101 Å². The van der Waals surface area contributed by atoms with Crippen LogP contribution in [0.15, 0.2) is 46.5 Å². The molecule has 3 aliphatic carbocycles. The minimum absolute atomic E-state index is 0.00105.